The normalized spacial score (nSPS) is 20.2. The van der Waals surface area contributed by atoms with E-state index in [4.69, 9.17) is 10.5 Å². The quantitative estimate of drug-likeness (QED) is 0.801. The lowest BCUT2D eigenvalue weighted by Crippen LogP contribution is -2.27. The molecule has 0 aliphatic carbocycles. The van der Waals surface area contributed by atoms with Gasteiger partial charge in [0.15, 0.2) is 0 Å². The standard InChI is InChI=1S/C15H22N2O2/c1-11(12-4-2-5-13(16)10-12)17-15(18)8-7-14-6-3-9-19-14/h2,4-5,10-11,14H,3,6-9,16H2,1H3,(H,17,18). The first-order valence-corrected chi connectivity index (χ1v) is 6.91. The number of carbonyl (C=O) groups excluding carboxylic acids is 1. The van der Waals surface area contributed by atoms with Crippen LogP contribution in [-0.2, 0) is 9.53 Å². The lowest BCUT2D eigenvalue weighted by Gasteiger charge is -2.15. The third-order valence-corrected chi connectivity index (χ3v) is 3.51. The van der Waals surface area contributed by atoms with Gasteiger partial charge in [-0.05, 0) is 43.9 Å². The van der Waals surface area contributed by atoms with Crippen LogP contribution in [0.25, 0.3) is 0 Å². The molecule has 1 aromatic rings. The molecule has 1 saturated heterocycles. The SMILES string of the molecule is CC(NC(=O)CCC1CCCO1)c1cccc(N)c1. The summed E-state index contributed by atoms with van der Waals surface area (Å²) in [4.78, 5) is 11.9. The molecule has 0 bridgehead atoms. The van der Waals surface area contributed by atoms with Crippen molar-refractivity contribution >= 4 is 11.6 Å². The molecular weight excluding hydrogens is 240 g/mol. The Bertz CT molecular complexity index is 428. The van der Waals surface area contributed by atoms with Crippen LogP contribution in [0.2, 0.25) is 0 Å². The van der Waals surface area contributed by atoms with Crippen molar-refractivity contribution in [2.75, 3.05) is 12.3 Å². The van der Waals surface area contributed by atoms with Gasteiger partial charge in [-0.1, -0.05) is 12.1 Å². The zero-order valence-electron chi connectivity index (χ0n) is 11.4. The van der Waals surface area contributed by atoms with Gasteiger partial charge in [-0.2, -0.15) is 0 Å². The van der Waals surface area contributed by atoms with Crippen molar-refractivity contribution in [1.82, 2.24) is 5.32 Å². The second kappa shape index (κ2) is 6.57. The minimum absolute atomic E-state index is 0.0134. The Hall–Kier alpha value is -1.55. The highest BCUT2D eigenvalue weighted by molar-refractivity contribution is 5.76. The monoisotopic (exact) mass is 262 g/mol. The average molecular weight is 262 g/mol. The molecule has 104 valence electrons. The minimum atomic E-state index is -0.0134. The molecule has 4 nitrogen and oxygen atoms in total. The summed E-state index contributed by atoms with van der Waals surface area (Å²) in [7, 11) is 0. The molecule has 1 aliphatic rings. The Kier molecular flexibility index (Phi) is 4.80. The first-order chi connectivity index (χ1) is 9.15. The lowest BCUT2D eigenvalue weighted by molar-refractivity contribution is -0.122. The van der Waals surface area contributed by atoms with Gasteiger partial charge in [-0.15, -0.1) is 0 Å². The van der Waals surface area contributed by atoms with Gasteiger partial charge in [0.25, 0.3) is 0 Å². The maximum atomic E-state index is 11.9. The summed E-state index contributed by atoms with van der Waals surface area (Å²) in [6.07, 6.45) is 3.81. The van der Waals surface area contributed by atoms with E-state index in [9.17, 15) is 4.79 Å². The van der Waals surface area contributed by atoms with E-state index >= 15 is 0 Å². The molecule has 3 N–H and O–H groups in total. The van der Waals surface area contributed by atoms with Crippen molar-refractivity contribution in [3.63, 3.8) is 0 Å². The zero-order valence-corrected chi connectivity index (χ0v) is 11.4. The predicted octanol–water partition coefficient (Wildman–Crippen LogP) is 2.41. The molecule has 1 heterocycles. The molecule has 1 amide bonds. The summed E-state index contributed by atoms with van der Waals surface area (Å²) in [5.74, 6) is 0.0745. The van der Waals surface area contributed by atoms with Gasteiger partial charge in [-0.25, -0.2) is 0 Å². The Labute approximate surface area is 114 Å². The summed E-state index contributed by atoms with van der Waals surface area (Å²) >= 11 is 0. The molecule has 1 fully saturated rings. The molecule has 0 radical (unpaired) electrons. The van der Waals surface area contributed by atoms with Crippen LogP contribution in [0.5, 0.6) is 0 Å². The molecular formula is C15H22N2O2. The van der Waals surface area contributed by atoms with Gasteiger partial charge in [0.05, 0.1) is 12.1 Å². The molecule has 2 rings (SSSR count). The fourth-order valence-electron chi connectivity index (χ4n) is 2.39. The highest BCUT2D eigenvalue weighted by Crippen LogP contribution is 2.18. The van der Waals surface area contributed by atoms with Gasteiger partial charge >= 0.3 is 0 Å². The van der Waals surface area contributed by atoms with E-state index in [1.54, 1.807) is 0 Å². The number of nitrogen functional groups attached to an aromatic ring is 1. The number of anilines is 1. The van der Waals surface area contributed by atoms with Crippen molar-refractivity contribution in [2.24, 2.45) is 0 Å². The van der Waals surface area contributed by atoms with E-state index in [1.807, 2.05) is 31.2 Å². The van der Waals surface area contributed by atoms with E-state index in [1.165, 1.54) is 0 Å². The number of hydrogen-bond acceptors (Lipinski definition) is 3. The molecule has 19 heavy (non-hydrogen) atoms. The lowest BCUT2D eigenvalue weighted by atomic mass is 10.1. The van der Waals surface area contributed by atoms with Crippen molar-refractivity contribution in [1.29, 1.82) is 0 Å². The number of amides is 1. The zero-order chi connectivity index (χ0) is 13.7. The largest absolute Gasteiger partial charge is 0.399 e. The Balaban J connectivity index is 1.77. The maximum Gasteiger partial charge on any atom is 0.220 e. The molecule has 2 unspecified atom stereocenters. The van der Waals surface area contributed by atoms with Gasteiger partial charge in [0.2, 0.25) is 5.91 Å². The number of carbonyl (C=O) groups is 1. The van der Waals surface area contributed by atoms with Crippen molar-refractivity contribution in [3.8, 4) is 0 Å². The summed E-state index contributed by atoms with van der Waals surface area (Å²) in [6, 6.07) is 7.60. The molecule has 0 spiro atoms. The van der Waals surface area contributed by atoms with E-state index < -0.39 is 0 Å². The van der Waals surface area contributed by atoms with Crippen molar-refractivity contribution < 1.29 is 9.53 Å². The van der Waals surface area contributed by atoms with Crippen LogP contribution in [0.4, 0.5) is 5.69 Å². The molecule has 0 saturated carbocycles. The average Bonchev–Trinajstić information content (AvgIpc) is 2.89. The third-order valence-electron chi connectivity index (χ3n) is 3.51. The Morgan fingerprint density at radius 3 is 3.11 bits per heavy atom. The molecule has 0 aromatic heterocycles. The number of rotatable bonds is 5. The molecule has 2 atom stereocenters. The van der Waals surface area contributed by atoms with Crippen LogP contribution < -0.4 is 11.1 Å². The van der Waals surface area contributed by atoms with Gasteiger partial charge in [0, 0.05) is 18.7 Å². The van der Waals surface area contributed by atoms with E-state index in [2.05, 4.69) is 5.32 Å². The van der Waals surface area contributed by atoms with E-state index in [-0.39, 0.29) is 18.1 Å². The second-order valence-corrected chi connectivity index (χ2v) is 5.13. The summed E-state index contributed by atoms with van der Waals surface area (Å²) in [5, 5.41) is 3.00. The van der Waals surface area contributed by atoms with Crippen LogP contribution in [0.1, 0.15) is 44.2 Å². The summed E-state index contributed by atoms with van der Waals surface area (Å²) < 4.78 is 5.51. The Morgan fingerprint density at radius 2 is 2.42 bits per heavy atom. The fourth-order valence-corrected chi connectivity index (χ4v) is 2.39. The van der Waals surface area contributed by atoms with Crippen molar-refractivity contribution in [3.05, 3.63) is 29.8 Å². The first-order valence-electron chi connectivity index (χ1n) is 6.91. The first kappa shape index (κ1) is 13.9. The van der Waals surface area contributed by atoms with Crippen LogP contribution in [0.15, 0.2) is 24.3 Å². The highest BCUT2D eigenvalue weighted by Gasteiger charge is 2.17. The van der Waals surface area contributed by atoms with E-state index in [0.717, 1.165) is 37.1 Å². The topological polar surface area (TPSA) is 64.3 Å². The molecule has 1 aliphatic heterocycles. The van der Waals surface area contributed by atoms with Crippen molar-refractivity contribution in [2.45, 2.75) is 44.8 Å². The summed E-state index contributed by atoms with van der Waals surface area (Å²) in [5.41, 5.74) is 7.49. The predicted molar refractivity (Wildman–Crippen MR) is 75.6 cm³/mol. The van der Waals surface area contributed by atoms with Crippen LogP contribution in [0, 0.1) is 0 Å². The second-order valence-electron chi connectivity index (χ2n) is 5.13. The number of ether oxygens (including phenoxy) is 1. The molecule has 4 heteroatoms. The smallest absolute Gasteiger partial charge is 0.220 e. The van der Waals surface area contributed by atoms with Crippen LogP contribution in [-0.4, -0.2) is 18.6 Å². The Morgan fingerprint density at radius 1 is 1.58 bits per heavy atom. The summed E-state index contributed by atoms with van der Waals surface area (Å²) in [6.45, 7) is 2.81. The number of hydrogen-bond donors (Lipinski definition) is 2. The van der Waals surface area contributed by atoms with E-state index in [0.29, 0.717) is 6.42 Å². The number of nitrogens with two attached hydrogens (primary N) is 1. The van der Waals surface area contributed by atoms with Gasteiger partial charge in [-0.3, -0.25) is 4.79 Å². The van der Waals surface area contributed by atoms with Crippen LogP contribution in [0.3, 0.4) is 0 Å². The number of nitrogens with one attached hydrogen (secondary N) is 1. The van der Waals surface area contributed by atoms with Gasteiger partial charge in [0.1, 0.15) is 0 Å². The third kappa shape index (κ3) is 4.24. The fraction of sp³-hybridized carbons (Fsp3) is 0.533. The molecule has 1 aromatic carbocycles. The number of benzene rings is 1. The van der Waals surface area contributed by atoms with Crippen LogP contribution >= 0.6 is 0 Å². The highest BCUT2D eigenvalue weighted by atomic mass is 16.5. The maximum absolute atomic E-state index is 11.9. The van der Waals surface area contributed by atoms with Gasteiger partial charge < -0.3 is 15.8 Å². The minimum Gasteiger partial charge on any atom is -0.399 e.